The molecule has 1 nitrogen and oxygen atoms in total. The number of fused-ring (bicyclic) bond motifs is 1. The van der Waals surface area contributed by atoms with Gasteiger partial charge in [0.2, 0.25) is 0 Å². The maximum atomic E-state index is 4.64. The summed E-state index contributed by atoms with van der Waals surface area (Å²) in [5.74, 6) is 0. The predicted octanol–water partition coefficient (Wildman–Crippen LogP) is 6.72. The third-order valence-corrected chi connectivity index (χ3v) is 9.79. The fourth-order valence-corrected chi connectivity index (χ4v) is 8.18. The van der Waals surface area contributed by atoms with E-state index in [4.69, 9.17) is 0 Å². The summed E-state index contributed by atoms with van der Waals surface area (Å²) in [5, 5.41) is 0. The molecule has 1 aromatic heterocycles. The molecule has 1 unspecified atom stereocenters. The Balaban J connectivity index is 0.000000948. The summed E-state index contributed by atoms with van der Waals surface area (Å²) in [6.07, 6.45) is 9.82. The van der Waals surface area contributed by atoms with Gasteiger partial charge in [0.15, 0.2) is 0 Å². The molecule has 134 valence electrons. The van der Waals surface area contributed by atoms with Crippen LogP contribution in [0.1, 0.15) is 46.3 Å². The number of rotatable bonds is 3. The zero-order valence-electron chi connectivity index (χ0n) is 16.2. The summed E-state index contributed by atoms with van der Waals surface area (Å²) in [6, 6.07) is 11.3. The summed E-state index contributed by atoms with van der Waals surface area (Å²) >= 11 is 3.92. The number of hydrogen-bond donors (Lipinski definition) is 0. The van der Waals surface area contributed by atoms with Crippen LogP contribution in [0.15, 0.2) is 57.0 Å². The van der Waals surface area contributed by atoms with E-state index in [-0.39, 0.29) is 0 Å². The third-order valence-electron chi connectivity index (χ3n) is 5.31. The number of aryl methyl sites for hydroxylation is 2. The Kier molecular flexibility index (Phi) is 6.26. The fourth-order valence-electron chi connectivity index (χ4n) is 3.83. The molecule has 1 heterocycles. The average molecular weight is 443 g/mol. The zero-order chi connectivity index (χ0) is 18.8. The minimum atomic E-state index is -0.721. The molecule has 2 aromatic rings. The van der Waals surface area contributed by atoms with E-state index in [1.165, 1.54) is 40.9 Å². The van der Waals surface area contributed by atoms with Crippen LogP contribution in [0.25, 0.3) is 11.8 Å². The molecule has 0 fully saturated rings. The standard InChI is InChI=1S/C15H14N.C7H9.CH3Cl.Zr/c1-11-7-12(2)16(10-11)15-8-13-5-3-4-6-14(13)9-15;1-6-4-3-5-7(6)2;1-2;/h3-10H,1-2H3;4H,3H2,1-2H3;1H3;. The normalized spacial score (nSPS) is 18.2. The van der Waals surface area contributed by atoms with Crippen molar-refractivity contribution in [2.75, 3.05) is 6.38 Å². The van der Waals surface area contributed by atoms with Crippen LogP contribution in [0, 0.1) is 13.8 Å². The summed E-state index contributed by atoms with van der Waals surface area (Å²) in [7, 11) is 0. The quantitative estimate of drug-likeness (QED) is 0.465. The molecule has 0 bridgehead atoms. The second-order valence-electron chi connectivity index (χ2n) is 7.00. The Morgan fingerprint density at radius 2 is 1.81 bits per heavy atom. The Morgan fingerprint density at radius 3 is 2.42 bits per heavy atom. The van der Waals surface area contributed by atoms with Crippen molar-refractivity contribution in [2.45, 2.75) is 37.7 Å². The van der Waals surface area contributed by atoms with Gasteiger partial charge in [0.05, 0.1) is 0 Å². The summed E-state index contributed by atoms with van der Waals surface area (Å²) in [4.78, 5) is 0. The number of aromatic nitrogens is 1. The van der Waals surface area contributed by atoms with Gasteiger partial charge in [-0.3, -0.25) is 0 Å². The first-order chi connectivity index (χ1) is 12.5. The van der Waals surface area contributed by atoms with E-state index < -0.39 is 23.2 Å². The van der Waals surface area contributed by atoms with E-state index in [9.17, 15) is 0 Å². The smallest absolute Gasteiger partial charge is 0.0108 e. The summed E-state index contributed by atoms with van der Waals surface area (Å²) in [5.41, 5.74) is 10.2. The molecule has 0 spiro atoms. The van der Waals surface area contributed by atoms with E-state index in [1.54, 1.807) is 14.4 Å². The molecule has 1 aromatic carbocycles. The van der Waals surface area contributed by atoms with Gasteiger partial charge < -0.3 is 0 Å². The maximum Gasteiger partial charge on any atom is 0.0108 e. The molecular formula is C23H26ClNZr. The molecule has 0 saturated heterocycles. The van der Waals surface area contributed by atoms with Crippen molar-refractivity contribution in [3.05, 3.63) is 79.4 Å². The SMILES string of the molecule is CC1=CC[C]([Zr][CH]2C(n3cc(C)cc3C)=Cc3ccccc32)=C1C.CCl. The number of benzene rings is 1. The molecule has 0 saturated carbocycles. The van der Waals surface area contributed by atoms with Crippen LogP contribution in [-0.4, -0.2) is 11.0 Å². The monoisotopic (exact) mass is 441 g/mol. The minimum Gasteiger partial charge on any atom is -0.130 e. The van der Waals surface area contributed by atoms with Crippen LogP contribution in [0.2, 0.25) is 0 Å². The second-order valence-corrected chi connectivity index (χ2v) is 10.6. The molecule has 26 heavy (non-hydrogen) atoms. The van der Waals surface area contributed by atoms with Gasteiger partial charge in [0.1, 0.15) is 0 Å². The van der Waals surface area contributed by atoms with Crippen LogP contribution < -0.4 is 0 Å². The maximum absolute atomic E-state index is 4.64. The molecule has 2 aliphatic carbocycles. The predicted molar refractivity (Wildman–Crippen MR) is 110 cm³/mol. The minimum absolute atomic E-state index is 0.625. The molecule has 0 aliphatic heterocycles. The van der Waals surface area contributed by atoms with Gasteiger partial charge in [-0.25, -0.2) is 0 Å². The van der Waals surface area contributed by atoms with Gasteiger partial charge in [-0.1, -0.05) is 0 Å². The van der Waals surface area contributed by atoms with Crippen molar-refractivity contribution in [1.29, 1.82) is 0 Å². The third kappa shape index (κ3) is 3.64. The Hall–Kier alpha value is -1.11. The topological polar surface area (TPSA) is 4.93 Å². The average Bonchev–Trinajstić information content (AvgIpc) is 3.28. The number of halogens is 1. The van der Waals surface area contributed by atoms with Gasteiger partial charge in [-0.05, 0) is 0 Å². The van der Waals surface area contributed by atoms with E-state index in [2.05, 4.69) is 92.5 Å². The van der Waals surface area contributed by atoms with Crippen molar-refractivity contribution in [1.82, 2.24) is 4.57 Å². The van der Waals surface area contributed by atoms with Crippen molar-refractivity contribution in [3.8, 4) is 0 Å². The second kappa shape index (κ2) is 8.28. The number of nitrogens with zero attached hydrogens (tertiary/aromatic N) is 1. The molecular weight excluding hydrogens is 417 g/mol. The first-order valence-corrected chi connectivity index (χ1v) is 12.4. The van der Waals surface area contributed by atoms with Crippen LogP contribution in [0.4, 0.5) is 0 Å². The zero-order valence-corrected chi connectivity index (χ0v) is 19.4. The molecule has 0 radical (unpaired) electrons. The fraction of sp³-hybridized carbons (Fsp3) is 0.304. The van der Waals surface area contributed by atoms with Crippen LogP contribution in [0.5, 0.6) is 0 Å². The van der Waals surface area contributed by atoms with Crippen LogP contribution >= 0.6 is 11.6 Å². The molecule has 3 heteroatoms. The van der Waals surface area contributed by atoms with Crippen molar-refractivity contribution < 1.29 is 23.2 Å². The molecule has 1 atom stereocenters. The molecule has 2 aliphatic rings. The van der Waals surface area contributed by atoms with Gasteiger partial charge in [-0.15, -0.1) is 11.6 Å². The Morgan fingerprint density at radius 1 is 1.08 bits per heavy atom. The van der Waals surface area contributed by atoms with E-state index in [0.29, 0.717) is 3.63 Å². The van der Waals surface area contributed by atoms with Crippen molar-refractivity contribution >= 4 is 23.4 Å². The van der Waals surface area contributed by atoms with Gasteiger partial charge in [0, 0.05) is 6.38 Å². The Labute approximate surface area is 174 Å². The summed E-state index contributed by atoms with van der Waals surface area (Å²) in [6.45, 7) is 9.01. The van der Waals surface area contributed by atoms with Crippen LogP contribution in [-0.2, 0) is 23.2 Å². The van der Waals surface area contributed by atoms with Gasteiger partial charge >= 0.3 is 157 Å². The first kappa shape index (κ1) is 19.6. The molecule has 0 amide bonds. The first-order valence-electron chi connectivity index (χ1n) is 9.02. The van der Waals surface area contributed by atoms with Crippen molar-refractivity contribution in [2.24, 2.45) is 0 Å². The number of alkyl halides is 1. The van der Waals surface area contributed by atoms with Crippen LogP contribution in [0.3, 0.4) is 0 Å². The number of hydrogen-bond acceptors (Lipinski definition) is 0. The van der Waals surface area contributed by atoms with Gasteiger partial charge in [0.25, 0.3) is 0 Å². The van der Waals surface area contributed by atoms with Crippen molar-refractivity contribution in [3.63, 3.8) is 0 Å². The summed E-state index contributed by atoms with van der Waals surface area (Å²) < 4.78 is 4.83. The number of allylic oxidation sites excluding steroid dienone is 5. The molecule has 4 rings (SSSR count). The van der Waals surface area contributed by atoms with E-state index in [1.807, 2.05) is 0 Å². The Bertz CT molecular complexity index is 914. The van der Waals surface area contributed by atoms with E-state index >= 15 is 0 Å². The van der Waals surface area contributed by atoms with E-state index in [0.717, 1.165) is 0 Å². The molecule has 0 N–H and O–H groups in total. The largest absolute Gasteiger partial charge is 0.130 e. The van der Waals surface area contributed by atoms with Gasteiger partial charge in [-0.2, -0.15) is 0 Å².